The number of hydrogen-bond donors (Lipinski definition) is 0. The largest absolute Gasteiger partial charge is 0.338 e. The molecule has 0 aliphatic carbocycles. The standard InChI is InChI=1S/C14H14N2OS2/c17-13(16-6-2-1-3-7-16)9-11-10-19-14(15-11)12-5-4-8-18-12/h1-2,4-5,8,10H,3,6-7,9H2. The van der Waals surface area contributed by atoms with Gasteiger partial charge in [0.25, 0.3) is 0 Å². The lowest BCUT2D eigenvalue weighted by atomic mass is 10.2. The van der Waals surface area contributed by atoms with Crippen molar-refractivity contribution in [1.82, 2.24) is 9.88 Å². The number of nitrogens with zero attached hydrogens (tertiary/aromatic N) is 2. The highest BCUT2D eigenvalue weighted by Gasteiger charge is 2.16. The first-order chi connectivity index (χ1) is 9.33. The molecular weight excluding hydrogens is 276 g/mol. The van der Waals surface area contributed by atoms with Crippen molar-refractivity contribution >= 4 is 28.6 Å². The van der Waals surface area contributed by atoms with Gasteiger partial charge < -0.3 is 4.90 Å². The highest BCUT2D eigenvalue weighted by molar-refractivity contribution is 7.20. The van der Waals surface area contributed by atoms with Gasteiger partial charge in [0.15, 0.2) is 0 Å². The van der Waals surface area contributed by atoms with E-state index in [0.717, 1.165) is 30.2 Å². The lowest BCUT2D eigenvalue weighted by molar-refractivity contribution is -0.130. The number of carbonyl (C=O) groups excluding carboxylic acids is 1. The van der Waals surface area contributed by atoms with Crippen molar-refractivity contribution in [3.05, 3.63) is 40.7 Å². The smallest absolute Gasteiger partial charge is 0.228 e. The number of hydrogen-bond acceptors (Lipinski definition) is 4. The Labute approximate surface area is 120 Å². The van der Waals surface area contributed by atoms with Crippen molar-refractivity contribution in [2.75, 3.05) is 13.1 Å². The molecule has 3 nitrogen and oxygen atoms in total. The van der Waals surface area contributed by atoms with E-state index in [9.17, 15) is 4.79 Å². The summed E-state index contributed by atoms with van der Waals surface area (Å²) < 4.78 is 0. The van der Waals surface area contributed by atoms with E-state index >= 15 is 0 Å². The molecule has 2 aromatic rings. The van der Waals surface area contributed by atoms with E-state index in [4.69, 9.17) is 0 Å². The van der Waals surface area contributed by atoms with E-state index in [1.165, 1.54) is 4.88 Å². The Morgan fingerprint density at radius 2 is 2.32 bits per heavy atom. The summed E-state index contributed by atoms with van der Waals surface area (Å²) in [5.74, 6) is 0.173. The van der Waals surface area contributed by atoms with Crippen LogP contribution in [0.25, 0.3) is 9.88 Å². The van der Waals surface area contributed by atoms with Crippen LogP contribution in [-0.4, -0.2) is 28.9 Å². The Morgan fingerprint density at radius 1 is 1.37 bits per heavy atom. The molecule has 0 atom stereocenters. The van der Waals surface area contributed by atoms with Crippen LogP contribution in [0.15, 0.2) is 35.0 Å². The average molecular weight is 290 g/mol. The van der Waals surface area contributed by atoms with E-state index in [-0.39, 0.29) is 5.91 Å². The third-order valence-electron chi connectivity index (χ3n) is 3.03. The molecule has 0 bridgehead atoms. The highest BCUT2D eigenvalue weighted by Crippen LogP contribution is 2.28. The Kier molecular flexibility index (Phi) is 3.75. The van der Waals surface area contributed by atoms with Gasteiger partial charge in [0.1, 0.15) is 5.01 Å². The molecule has 0 spiro atoms. The monoisotopic (exact) mass is 290 g/mol. The first kappa shape index (κ1) is 12.6. The molecule has 0 radical (unpaired) electrons. The van der Waals surface area contributed by atoms with E-state index in [1.54, 1.807) is 22.7 Å². The number of aromatic nitrogens is 1. The van der Waals surface area contributed by atoms with Gasteiger partial charge in [0, 0.05) is 18.5 Å². The molecule has 0 aromatic carbocycles. The summed E-state index contributed by atoms with van der Waals surface area (Å²) in [6.45, 7) is 1.57. The van der Waals surface area contributed by atoms with Crippen LogP contribution in [0.4, 0.5) is 0 Å². The number of amides is 1. The van der Waals surface area contributed by atoms with Gasteiger partial charge in [0.05, 0.1) is 17.0 Å². The minimum Gasteiger partial charge on any atom is -0.338 e. The molecule has 19 heavy (non-hydrogen) atoms. The molecule has 0 fully saturated rings. The van der Waals surface area contributed by atoms with Crippen LogP contribution >= 0.6 is 22.7 Å². The first-order valence-corrected chi connectivity index (χ1v) is 8.00. The van der Waals surface area contributed by atoms with Gasteiger partial charge in [-0.1, -0.05) is 18.2 Å². The summed E-state index contributed by atoms with van der Waals surface area (Å²) in [6, 6.07) is 4.08. The molecule has 0 unspecified atom stereocenters. The molecular formula is C14H14N2OS2. The predicted octanol–water partition coefficient (Wildman–Crippen LogP) is 3.20. The van der Waals surface area contributed by atoms with Crippen LogP contribution in [0.3, 0.4) is 0 Å². The number of rotatable bonds is 3. The Morgan fingerprint density at radius 3 is 3.05 bits per heavy atom. The summed E-state index contributed by atoms with van der Waals surface area (Å²) in [5.41, 5.74) is 0.882. The molecule has 1 amide bonds. The van der Waals surface area contributed by atoms with E-state index in [2.05, 4.69) is 23.2 Å². The zero-order valence-electron chi connectivity index (χ0n) is 10.4. The fourth-order valence-corrected chi connectivity index (χ4v) is 3.67. The highest BCUT2D eigenvalue weighted by atomic mass is 32.1. The summed E-state index contributed by atoms with van der Waals surface area (Å²) >= 11 is 3.29. The second-order valence-electron chi connectivity index (χ2n) is 4.40. The fourth-order valence-electron chi connectivity index (χ4n) is 2.04. The summed E-state index contributed by atoms with van der Waals surface area (Å²) in [5, 5.41) is 5.05. The lowest BCUT2D eigenvalue weighted by Gasteiger charge is -2.22. The Bertz CT molecular complexity index is 586. The molecule has 1 aliphatic rings. The van der Waals surface area contributed by atoms with Crippen molar-refractivity contribution in [3.8, 4) is 9.88 Å². The predicted molar refractivity (Wildman–Crippen MR) is 79.5 cm³/mol. The van der Waals surface area contributed by atoms with E-state index in [0.29, 0.717) is 6.42 Å². The number of carbonyl (C=O) groups is 1. The topological polar surface area (TPSA) is 33.2 Å². The third-order valence-corrected chi connectivity index (χ3v) is 4.96. The van der Waals surface area contributed by atoms with Gasteiger partial charge in [-0.2, -0.15) is 0 Å². The molecule has 98 valence electrons. The van der Waals surface area contributed by atoms with Crippen molar-refractivity contribution < 1.29 is 4.79 Å². The van der Waals surface area contributed by atoms with Crippen LogP contribution < -0.4 is 0 Å². The SMILES string of the molecule is O=C(Cc1csc(-c2cccs2)n1)N1CC=CCC1. The molecule has 3 heterocycles. The fraction of sp³-hybridized carbons (Fsp3) is 0.286. The molecule has 2 aromatic heterocycles. The minimum atomic E-state index is 0.173. The molecule has 3 rings (SSSR count). The second kappa shape index (κ2) is 5.67. The molecule has 0 saturated heterocycles. The number of thiazole rings is 1. The van der Waals surface area contributed by atoms with Crippen molar-refractivity contribution in [2.24, 2.45) is 0 Å². The van der Waals surface area contributed by atoms with Crippen LogP contribution in [0.1, 0.15) is 12.1 Å². The lowest BCUT2D eigenvalue weighted by Crippen LogP contribution is -2.34. The van der Waals surface area contributed by atoms with Gasteiger partial charge in [-0.05, 0) is 17.9 Å². The van der Waals surface area contributed by atoms with Crippen molar-refractivity contribution in [1.29, 1.82) is 0 Å². The quantitative estimate of drug-likeness (QED) is 0.813. The van der Waals surface area contributed by atoms with Gasteiger partial charge >= 0.3 is 0 Å². The van der Waals surface area contributed by atoms with Crippen molar-refractivity contribution in [2.45, 2.75) is 12.8 Å². The maximum absolute atomic E-state index is 12.1. The first-order valence-electron chi connectivity index (χ1n) is 6.24. The maximum Gasteiger partial charge on any atom is 0.228 e. The normalized spacial score (nSPS) is 14.8. The van der Waals surface area contributed by atoms with Crippen LogP contribution in [0, 0.1) is 0 Å². The van der Waals surface area contributed by atoms with Gasteiger partial charge in [-0.3, -0.25) is 4.79 Å². The molecule has 0 N–H and O–H groups in total. The minimum absolute atomic E-state index is 0.173. The van der Waals surface area contributed by atoms with Crippen molar-refractivity contribution in [3.63, 3.8) is 0 Å². The Balaban J connectivity index is 1.67. The van der Waals surface area contributed by atoms with Crippen LogP contribution in [0.2, 0.25) is 0 Å². The molecule has 5 heteroatoms. The van der Waals surface area contributed by atoms with Gasteiger partial charge in [0.2, 0.25) is 5.91 Å². The van der Waals surface area contributed by atoms with Gasteiger partial charge in [-0.15, -0.1) is 22.7 Å². The summed E-state index contributed by atoms with van der Waals surface area (Å²) in [7, 11) is 0. The zero-order valence-corrected chi connectivity index (χ0v) is 12.0. The Hall–Kier alpha value is -1.46. The van der Waals surface area contributed by atoms with Crippen LogP contribution in [0.5, 0.6) is 0 Å². The molecule has 0 saturated carbocycles. The summed E-state index contributed by atoms with van der Waals surface area (Å²) in [6.07, 6.45) is 5.56. The second-order valence-corrected chi connectivity index (χ2v) is 6.20. The van der Waals surface area contributed by atoms with E-state index in [1.807, 2.05) is 21.7 Å². The average Bonchev–Trinajstić information content (AvgIpc) is 3.10. The number of thiophene rings is 1. The maximum atomic E-state index is 12.1. The third kappa shape index (κ3) is 2.93. The summed E-state index contributed by atoms with van der Waals surface area (Å²) in [4.78, 5) is 19.7. The molecule has 1 aliphatic heterocycles. The zero-order chi connectivity index (χ0) is 13.1. The van der Waals surface area contributed by atoms with Crippen LogP contribution in [-0.2, 0) is 11.2 Å². The van der Waals surface area contributed by atoms with Gasteiger partial charge in [-0.25, -0.2) is 4.98 Å². The van der Waals surface area contributed by atoms with E-state index < -0.39 is 0 Å².